The van der Waals surface area contributed by atoms with Crippen molar-refractivity contribution in [2.75, 3.05) is 11.4 Å². The van der Waals surface area contributed by atoms with Gasteiger partial charge in [-0.25, -0.2) is 9.97 Å². The number of carboxylic acids is 1. The molecule has 6 heteroatoms. The van der Waals surface area contributed by atoms with E-state index in [9.17, 15) is 4.79 Å². The smallest absolute Gasteiger partial charge is 0.305 e. The molecule has 2 rings (SSSR count). The number of nitrogens with zero attached hydrogens (tertiary/aromatic N) is 3. The van der Waals surface area contributed by atoms with E-state index >= 15 is 0 Å². The highest BCUT2D eigenvalue weighted by Crippen LogP contribution is 2.27. The van der Waals surface area contributed by atoms with Gasteiger partial charge < -0.3 is 14.7 Å². The van der Waals surface area contributed by atoms with Gasteiger partial charge in [0.2, 0.25) is 5.88 Å². The van der Waals surface area contributed by atoms with E-state index in [1.165, 1.54) is 6.33 Å². The van der Waals surface area contributed by atoms with Gasteiger partial charge in [-0.2, -0.15) is 0 Å². The van der Waals surface area contributed by atoms with Crippen LogP contribution in [0.2, 0.25) is 0 Å². The highest BCUT2D eigenvalue weighted by atomic mass is 16.5. The van der Waals surface area contributed by atoms with Gasteiger partial charge in [-0.05, 0) is 26.7 Å². The molecule has 1 aromatic heterocycles. The number of carboxylic acid groups (broad SMARTS) is 1. The van der Waals surface area contributed by atoms with Crippen molar-refractivity contribution in [1.29, 1.82) is 0 Å². The number of hydrogen-bond donors (Lipinski definition) is 1. The van der Waals surface area contributed by atoms with Gasteiger partial charge in [0.25, 0.3) is 0 Å². The fourth-order valence-corrected chi connectivity index (χ4v) is 2.34. The molecule has 0 radical (unpaired) electrons. The molecule has 1 aliphatic rings. The number of aromatic nitrogens is 2. The van der Waals surface area contributed by atoms with Crippen LogP contribution in [0.5, 0.6) is 5.88 Å². The molecule has 6 nitrogen and oxygen atoms in total. The van der Waals surface area contributed by atoms with Crippen LogP contribution in [0.3, 0.4) is 0 Å². The second-order valence-corrected chi connectivity index (χ2v) is 4.97. The van der Waals surface area contributed by atoms with E-state index in [0.29, 0.717) is 5.88 Å². The van der Waals surface area contributed by atoms with Crippen molar-refractivity contribution in [2.24, 2.45) is 0 Å². The molecule has 1 unspecified atom stereocenters. The molecule has 1 fully saturated rings. The molecule has 0 spiro atoms. The molecule has 0 aliphatic carbocycles. The molecule has 104 valence electrons. The van der Waals surface area contributed by atoms with Crippen molar-refractivity contribution in [1.82, 2.24) is 9.97 Å². The highest BCUT2D eigenvalue weighted by Gasteiger charge is 2.27. The summed E-state index contributed by atoms with van der Waals surface area (Å²) in [5, 5.41) is 8.93. The standard InChI is InChI=1S/C13H19N3O3/c1-9(2)19-12-7-11(14-8-15-12)16-5-3-4-10(16)6-13(17)18/h7-10H,3-6H2,1-2H3,(H,17,18). The van der Waals surface area contributed by atoms with Gasteiger partial charge in [0.1, 0.15) is 12.1 Å². The SMILES string of the molecule is CC(C)Oc1cc(N2CCCC2CC(=O)O)ncn1. The summed E-state index contributed by atoms with van der Waals surface area (Å²) >= 11 is 0. The summed E-state index contributed by atoms with van der Waals surface area (Å²) in [6.45, 7) is 4.70. The summed E-state index contributed by atoms with van der Waals surface area (Å²) in [6.07, 6.45) is 3.53. The lowest BCUT2D eigenvalue weighted by molar-refractivity contribution is -0.137. The first kappa shape index (κ1) is 13.6. The molecular weight excluding hydrogens is 246 g/mol. The predicted octanol–water partition coefficient (Wildman–Crippen LogP) is 1.71. The van der Waals surface area contributed by atoms with Crippen LogP contribution in [-0.4, -0.2) is 39.7 Å². The maximum atomic E-state index is 10.9. The normalized spacial score (nSPS) is 18.9. The lowest BCUT2D eigenvalue weighted by atomic mass is 10.1. The number of ether oxygens (including phenoxy) is 1. The first-order chi connectivity index (χ1) is 9.06. The van der Waals surface area contributed by atoms with Crippen molar-refractivity contribution in [3.05, 3.63) is 12.4 Å². The largest absolute Gasteiger partial charge is 0.481 e. The zero-order valence-electron chi connectivity index (χ0n) is 11.2. The molecule has 1 aliphatic heterocycles. The van der Waals surface area contributed by atoms with Gasteiger partial charge in [0.05, 0.1) is 12.5 Å². The lowest BCUT2D eigenvalue weighted by Crippen LogP contribution is -2.32. The Morgan fingerprint density at radius 3 is 3.05 bits per heavy atom. The third-order valence-electron chi connectivity index (χ3n) is 3.07. The van der Waals surface area contributed by atoms with Crippen molar-refractivity contribution >= 4 is 11.8 Å². The van der Waals surface area contributed by atoms with Gasteiger partial charge in [-0.1, -0.05) is 0 Å². The Kier molecular flexibility index (Phi) is 4.19. The number of rotatable bonds is 5. The van der Waals surface area contributed by atoms with E-state index in [4.69, 9.17) is 9.84 Å². The van der Waals surface area contributed by atoms with E-state index in [1.54, 1.807) is 6.07 Å². The Labute approximate surface area is 112 Å². The number of hydrogen-bond acceptors (Lipinski definition) is 5. The van der Waals surface area contributed by atoms with Crippen molar-refractivity contribution in [3.8, 4) is 5.88 Å². The van der Waals surface area contributed by atoms with Gasteiger partial charge in [0, 0.05) is 18.7 Å². The second-order valence-electron chi connectivity index (χ2n) is 4.97. The van der Waals surface area contributed by atoms with Gasteiger partial charge in [-0.3, -0.25) is 4.79 Å². The molecule has 1 saturated heterocycles. The Morgan fingerprint density at radius 2 is 2.37 bits per heavy atom. The fraction of sp³-hybridized carbons (Fsp3) is 0.615. The topological polar surface area (TPSA) is 75.5 Å². The predicted molar refractivity (Wildman–Crippen MR) is 70.4 cm³/mol. The molecule has 2 heterocycles. The molecule has 1 atom stereocenters. The Bertz CT molecular complexity index is 451. The van der Waals surface area contributed by atoms with Crippen molar-refractivity contribution in [3.63, 3.8) is 0 Å². The van der Waals surface area contributed by atoms with Crippen LogP contribution in [0, 0.1) is 0 Å². The first-order valence-corrected chi connectivity index (χ1v) is 6.53. The van der Waals surface area contributed by atoms with E-state index in [0.717, 1.165) is 25.2 Å². The molecule has 0 amide bonds. The van der Waals surface area contributed by atoms with Gasteiger partial charge in [0.15, 0.2) is 0 Å². The summed E-state index contributed by atoms with van der Waals surface area (Å²) in [4.78, 5) is 21.2. The maximum absolute atomic E-state index is 10.9. The Balaban J connectivity index is 2.13. The second kappa shape index (κ2) is 5.86. The number of carbonyl (C=O) groups is 1. The quantitative estimate of drug-likeness (QED) is 0.873. The first-order valence-electron chi connectivity index (χ1n) is 6.53. The lowest BCUT2D eigenvalue weighted by Gasteiger charge is -2.24. The maximum Gasteiger partial charge on any atom is 0.305 e. The summed E-state index contributed by atoms with van der Waals surface area (Å²) in [7, 11) is 0. The molecule has 0 aromatic carbocycles. The average molecular weight is 265 g/mol. The summed E-state index contributed by atoms with van der Waals surface area (Å²) in [5.74, 6) is 0.500. The summed E-state index contributed by atoms with van der Waals surface area (Å²) < 4.78 is 5.54. The Morgan fingerprint density at radius 1 is 1.58 bits per heavy atom. The molecule has 1 N–H and O–H groups in total. The zero-order chi connectivity index (χ0) is 13.8. The average Bonchev–Trinajstić information content (AvgIpc) is 2.75. The van der Waals surface area contributed by atoms with E-state index in [1.807, 2.05) is 18.7 Å². The minimum absolute atomic E-state index is 0.0132. The van der Waals surface area contributed by atoms with Crippen molar-refractivity contribution < 1.29 is 14.6 Å². The van der Waals surface area contributed by atoms with Gasteiger partial charge in [-0.15, -0.1) is 0 Å². The van der Waals surface area contributed by atoms with E-state index in [-0.39, 0.29) is 18.6 Å². The van der Waals surface area contributed by atoms with Crippen molar-refractivity contribution in [2.45, 2.75) is 45.3 Å². The molecule has 1 aromatic rings. The minimum atomic E-state index is -0.774. The molecule has 0 saturated carbocycles. The number of anilines is 1. The van der Waals surface area contributed by atoms with E-state index in [2.05, 4.69) is 9.97 Å². The van der Waals surface area contributed by atoms with Crippen LogP contribution in [0.1, 0.15) is 33.1 Å². The Hall–Kier alpha value is -1.85. The molecular formula is C13H19N3O3. The zero-order valence-corrected chi connectivity index (χ0v) is 11.2. The highest BCUT2D eigenvalue weighted by molar-refractivity contribution is 5.68. The summed E-state index contributed by atoms with van der Waals surface area (Å²) in [6, 6.07) is 1.79. The number of aliphatic carboxylic acids is 1. The van der Waals surface area contributed by atoms with Crippen LogP contribution < -0.4 is 9.64 Å². The van der Waals surface area contributed by atoms with Gasteiger partial charge >= 0.3 is 5.97 Å². The van der Waals surface area contributed by atoms with Crippen LogP contribution in [0.4, 0.5) is 5.82 Å². The van der Waals surface area contributed by atoms with Crippen LogP contribution in [-0.2, 0) is 4.79 Å². The fourth-order valence-electron chi connectivity index (χ4n) is 2.34. The molecule has 0 bridgehead atoms. The third-order valence-corrected chi connectivity index (χ3v) is 3.07. The van der Waals surface area contributed by atoms with Crippen LogP contribution >= 0.6 is 0 Å². The summed E-state index contributed by atoms with van der Waals surface area (Å²) in [5.41, 5.74) is 0. The van der Waals surface area contributed by atoms with E-state index < -0.39 is 5.97 Å². The minimum Gasteiger partial charge on any atom is -0.481 e. The monoisotopic (exact) mass is 265 g/mol. The van der Waals surface area contributed by atoms with Crippen LogP contribution in [0.25, 0.3) is 0 Å². The third kappa shape index (κ3) is 3.56. The van der Waals surface area contributed by atoms with Crippen LogP contribution in [0.15, 0.2) is 12.4 Å². The molecule has 19 heavy (non-hydrogen) atoms.